The number of benzene rings is 1. The van der Waals surface area contributed by atoms with Gasteiger partial charge in [-0.1, -0.05) is 12.1 Å². The molecule has 19 heavy (non-hydrogen) atoms. The summed E-state index contributed by atoms with van der Waals surface area (Å²) < 4.78 is 7.31. The number of nitrogens with one attached hydrogen (secondary N) is 1. The van der Waals surface area contributed by atoms with Gasteiger partial charge in [0.25, 0.3) is 0 Å². The van der Waals surface area contributed by atoms with E-state index in [4.69, 9.17) is 9.40 Å². The van der Waals surface area contributed by atoms with Gasteiger partial charge in [-0.3, -0.25) is 0 Å². The van der Waals surface area contributed by atoms with Crippen LogP contribution in [0.25, 0.3) is 11.0 Å². The Labute approximate surface area is 112 Å². The van der Waals surface area contributed by atoms with Gasteiger partial charge in [0.15, 0.2) is 0 Å². The van der Waals surface area contributed by atoms with Crippen LogP contribution in [0.5, 0.6) is 0 Å². The summed E-state index contributed by atoms with van der Waals surface area (Å²) in [6.07, 6.45) is 4.32. The minimum absolute atomic E-state index is 0.217. The summed E-state index contributed by atoms with van der Waals surface area (Å²) in [7, 11) is 4.02. The summed E-state index contributed by atoms with van der Waals surface area (Å²) in [5.74, 6) is 1.07. The van der Waals surface area contributed by atoms with Crippen LogP contribution in [0.15, 0.2) is 47.3 Å². The van der Waals surface area contributed by atoms with E-state index in [0.717, 1.165) is 23.3 Å². The van der Waals surface area contributed by atoms with Crippen LogP contribution in [0.4, 0.5) is 0 Å². The average molecular weight is 255 g/mol. The molecule has 0 amide bonds. The lowest BCUT2D eigenvalue weighted by Crippen LogP contribution is -2.19. The first-order valence-electron chi connectivity index (χ1n) is 6.39. The number of hydrogen-bond donors (Lipinski definition) is 1. The quantitative estimate of drug-likeness (QED) is 0.779. The Morgan fingerprint density at radius 3 is 2.84 bits per heavy atom. The van der Waals surface area contributed by atoms with Gasteiger partial charge in [-0.05, 0) is 25.2 Å². The van der Waals surface area contributed by atoms with E-state index in [1.54, 1.807) is 12.5 Å². The van der Waals surface area contributed by atoms with Gasteiger partial charge in [0.05, 0.1) is 23.6 Å². The van der Waals surface area contributed by atoms with E-state index in [0.29, 0.717) is 0 Å². The number of aryl methyl sites for hydroxylation is 1. The molecule has 0 fully saturated rings. The molecule has 4 heteroatoms. The molecule has 0 aliphatic rings. The van der Waals surface area contributed by atoms with E-state index in [9.17, 15) is 0 Å². The summed E-state index contributed by atoms with van der Waals surface area (Å²) in [4.78, 5) is 4.70. The third-order valence-electron chi connectivity index (χ3n) is 3.56. The second kappa shape index (κ2) is 4.90. The fourth-order valence-electron chi connectivity index (χ4n) is 2.42. The van der Waals surface area contributed by atoms with Crippen LogP contribution < -0.4 is 5.32 Å². The Balaban J connectivity index is 1.94. The van der Waals surface area contributed by atoms with Gasteiger partial charge in [0.1, 0.15) is 5.82 Å². The van der Waals surface area contributed by atoms with Crippen LogP contribution in [0.2, 0.25) is 0 Å². The first-order valence-corrected chi connectivity index (χ1v) is 6.39. The molecule has 3 aromatic rings. The lowest BCUT2D eigenvalue weighted by molar-refractivity contribution is 0.533. The maximum Gasteiger partial charge on any atom is 0.111 e. The molecule has 1 N–H and O–H groups in total. The number of furan rings is 1. The molecule has 2 heterocycles. The smallest absolute Gasteiger partial charge is 0.111 e. The van der Waals surface area contributed by atoms with E-state index in [1.807, 2.05) is 31.3 Å². The molecule has 0 aliphatic carbocycles. The first kappa shape index (κ1) is 12.0. The molecule has 0 saturated carbocycles. The van der Waals surface area contributed by atoms with Crippen molar-refractivity contribution in [1.29, 1.82) is 0 Å². The molecule has 1 aromatic carbocycles. The number of fused-ring (bicyclic) bond motifs is 1. The molecule has 0 spiro atoms. The standard InChI is InChI=1S/C15H17N3O/c1-16-13(11-7-8-19-10-11)9-15-17-12-5-3-4-6-14(12)18(15)2/h3-8,10,13,16H,9H2,1-2H3. The van der Waals surface area contributed by atoms with Crippen LogP contribution in [-0.2, 0) is 13.5 Å². The lowest BCUT2D eigenvalue weighted by Gasteiger charge is -2.13. The third kappa shape index (κ3) is 2.15. The molecule has 3 rings (SSSR count). The topological polar surface area (TPSA) is 43.0 Å². The summed E-state index contributed by atoms with van der Waals surface area (Å²) in [6, 6.07) is 10.4. The van der Waals surface area contributed by atoms with Crippen LogP contribution in [-0.4, -0.2) is 16.6 Å². The largest absolute Gasteiger partial charge is 0.472 e. The normalized spacial score (nSPS) is 12.9. The summed E-state index contributed by atoms with van der Waals surface area (Å²) in [6.45, 7) is 0. The van der Waals surface area contributed by atoms with Crippen molar-refractivity contribution < 1.29 is 4.42 Å². The molecule has 1 unspecified atom stereocenters. The number of aromatic nitrogens is 2. The molecular weight excluding hydrogens is 238 g/mol. The number of para-hydroxylation sites is 2. The molecule has 0 radical (unpaired) electrons. The van der Waals surface area contributed by atoms with Crippen molar-refractivity contribution in [2.45, 2.75) is 12.5 Å². The fourth-order valence-corrected chi connectivity index (χ4v) is 2.42. The Hall–Kier alpha value is -2.07. The van der Waals surface area contributed by atoms with Gasteiger partial charge >= 0.3 is 0 Å². The highest BCUT2D eigenvalue weighted by molar-refractivity contribution is 5.75. The first-order chi connectivity index (χ1) is 9.29. The van der Waals surface area contributed by atoms with Gasteiger partial charge in [-0.25, -0.2) is 4.98 Å². The summed E-state index contributed by atoms with van der Waals surface area (Å²) in [5, 5.41) is 3.31. The number of likely N-dealkylation sites (N-methyl/N-ethyl adjacent to an activating group) is 1. The monoisotopic (exact) mass is 255 g/mol. The number of imidazole rings is 1. The van der Waals surface area contributed by atoms with Crippen molar-refractivity contribution in [3.05, 3.63) is 54.2 Å². The van der Waals surface area contributed by atoms with Crippen molar-refractivity contribution in [2.24, 2.45) is 7.05 Å². The fraction of sp³-hybridized carbons (Fsp3) is 0.267. The Morgan fingerprint density at radius 2 is 2.16 bits per heavy atom. The van der Waals surface area contributed by atoms with Crippen LogP contribution >= 0.6 is 0 Å². The molecule has 4 nitrogen and oxygen atoms in total. The highest BCUT2D eigenvalue weighted by Crippen LogP contribution is 2.21. The van der Waals surface area contributed by atoms with Gasteiger partial charge in [0, 0.05) is 25.1 Å². The molecule has 0 bridgehead atoms. The van der Waals surface area contributed by atoms with Gasteiger partial charge in [-0.2, -0.15) is 0 Å². The molecule has 0 aliphatic heterocycles. The predicted octanol–water partition coefficient (Wildman–Crippen LogP) is 2.67. The van der Waals surface area contributed by atoms with E-state index in [1.165, 1.54) is 5.52 Å². The molecule has 1 atom stereocenters. The SMILES string of the molecule is CNC(Cc1nc2ccccc2n1C)c1ccoc1. The minimum atomic E-state index is 0.217. The van der Waals surface area contributed by atoms with Crippen molar-refractivity contribution in [2.75, 3.05) is 7.05 Å². The van der Waals surface area contributed by atoms with Crippen molar-refractivity contribution in [3.8, 4) is 0 Å². The van der Waals surface area contributed by atoms with Crippen LogP contribution in [0.1, 0.15) is 17.4 Å². The number of rotatable bonds is 4. The Kier molecular flexibility index (Phi) is 3.09. The zero-order valence-corrected chi connectivity index (χ0v) is 11.1. The minimum Gasteiger partial charge on any atom is -0.472 e. The maximum absolute atomic E-state index is 5.16. The highest BCUT2D eigenvalue weighted by atomic mass is 16.3. The van der Waals surface area contributed by atoms with Gasteiger partial charge in [-0.15, -0.1) is 0 Å². The maximum atomic E-state index is 5.16. The molecule has 2 aromatic heterocycles. The zero-order chi connectivity index (χ0) is 13.2. The highest BCUT2D eigenvalue weighted by Gasteiger charge is 2.15. The van der Waals surface area contributed by atoms with Gasteiger partial charge < -0.3 is 14.3 Å². The van der Waals surface area contributed by atoms with E-state index >= 15 is 0 Å². The molecule has 0 saturated heterocycles. The van der Waals surface area contributed by atoms with E-state index in [-0.39, 0.29) is 6.04 Å². The lowest BCUT2D eigenvalue weighted by atomic mass is 10.1. The van der Waals surface area contributed by atoms with E-state index in [2.05, 4.69) is 23.0 Å². The summed E-state index contributed by atoms with van der Waals surface area (Å²) >= 11 is 0. The van der Waals surface area contributed by atoms with Gasteiger partial charge in [0.2, 0.25) is 0 Å². The second-order valence-corrected chi connectivity index (χ2v) is 4.68. The Bertz CT molecular complexity index is 670. The molecular formula is C15H17N3O. The van der Waals surface area contributed by atoms with E-state index < -0.39 is 0 Å². The third-order valence-corrected chi connectivity index (χ3v) is 3.56. The van der Waals surface area contributed by atoms with Crippen LogP contribution in [0.3, 0.4) is 0 Å². The average Bonchev–Trinajstić information content (AvgIpc) is 3.06. The zero-order valence-electron chi connectivity index (χ0n) is 11.1. The second-order valence-electron chi connectivity index (χ2n) is 4.68. The van der Waals surface area contributed by atoms with Crippen molar-refractivity contribution in [3.63, 3.8) is 0 Å². The number of hydrogen-bond acceptors (Lipinski definition) is 3. The summed E-state index contributed by atoms with van der Waals surface area (Å²) in [5.41, 5.74) is 3.36. The van der Waals surface area contributed by atoms with Crippen molar-refractivity contribution >= 4 is 11.0 Å². The van der Waals surface area contributed by atoms with Crippen LogP contribution in [0, 0.1) is 0 Å². The predicted molar refractivity (Wildman–Crippen MR) is 74.9 cm³/mol. The Morgan fingerprint density at radius 1 is 1.32 bits per heavy atom. The van der Waals surface area contributed by atoms with Crippen molar-refractivity contribution in [1.82, 2.24) is 14.9 Å². The molecule has 98 valence electrons. The number of nitrogens with zero attached hydrogens (tertiary/aromatic N) is 2.